The number of anilines is 2. The topological polar surface area (TPSA) is 158 Å². The van der Waals surface area contributed by atoms with E-state index in [0.29, 0.717) is 47.1 Å². The Labute approximate surface area is 280 Å². The van der Waals surface area contributed by atoms with Gasteiger partial charge in [-0.05, 0) is 111 Å². The Morgan fingerprint density at radius 2 is 1.81 bits per heavy atom. The number of aromatic nitrogens is 4. The summed E-state index contributed by atoms with van der Waals surface area (Å²) >= 11 is 1.06. The second kappa shape index (κ2) is 10.3. The molecule has 4 radical (unpaired) electrons. The minimum absolute atomic E-state index is 0.0156. The van der Waals surface area contributed by atoms with Crippen LogP contribution in [0.5, 0.6) is 11.6 Å². The van der Waals surface area contributed by atoms with Crippen molar-refractivity contribution in [3.63, 3.8) is 0 Å². The van der Waals surface area contributed by atoms with E-state index >= 15 is 0 Å². The predicted molar refractivity (Wildman–Crippen MR) is 177 cm³/mol. The Kier molecular flexibility index (Phi) is 6.76. The molecular formula is C32H37B2N7O5S. The molecule has 3 aromatic rings. The molecule has 0 aromatic carbocycles. The predicted octanol–water partition coefficient (Wildman–Crippen LogP) is 3.28. The number of rotatable bonds is 5. The molecule has 5 heterocycles. The molecule has 8 rings (SSSR count). The fourth-order valence-electron chi connectivity index (χ4n) is 8.68. The van der Waals surface area contributed by atoms with Gasteiger partial charge in [0.2, 0.25) is 5.88 Å². The maximum absolute atomic E-state index is 13.6. The van der Waals surface area contributed by atoms with Crippen LogP contribution < -0.4 is 19.7 Å². The summed E-state index contributed by atoms with van der Waals surface area (Å²) in [6.45, 7) is 5.66. The zero-order valence-electron chi connectivity index (χ0n) is 26.4. The minimum atomic E-state index is -2.84. The molecule has 5 aliphatic rings. The lowest BCUT2D eigenvalue weighted by Crippen LogP contribution is -2.51. The van der Waals surface area contributed by atoms with E-state index in [1.807, 2.05) is 0 Å². The number of carbonyl (C=O) groups excluding carboxylic acids is 1. The quantitative estimate of drug-likeness (QED) is 0.156. The van der Waals surface area contributed by atoms with Crippen LogP contribution in [-0.4, -0.2) is 81.3 Å². The molecule has 1 saturated heterocycles. The third kappa shape index (κ3) is 4.90. The number of ether oxygens (including phenoxy) is 1. The van der Waals surface area contributed by atoms with E-state index in [2.05, 4.69) is 38.9 Å². The molecule has 4 bridgehead atoms. The van der Waals surface area contributed by atoms with Gasteiger partial charge >= 0.3 is 5.97 Å². The molecule has 3 aromatic heterocycles. The van der Waals surface area contributed by atoms with Gasteiger partial charge in [0.15, 0.2) is 17.4 Å². The maximum Gasteiger partial charge on any atom is 0.313 e. The number of hydrogen-bond donors (Lipinski definition) is 5. The molecule has 4 fully saturated rings. The van der Waals surface area contributed by atoms with E-state index in [-0.39, 0.29) is 39.8 Å². The lowest BCUT2D eigenvalue weighted by Gasteiger charge is -2.39. The molecule has 12 nitrogen and oxygen atoms in total. The molecule has 2 spiro atoms. The summed E-state index contributed by atoms with van der Waals surface area (Å²) in [5.41, 5.74) is 0.132. The largest absolute Gasteiger partial charge is 0.504 e. The van der Waals surface area contributed by atoms with Crippen molar-refractivity contribution in [3.8, 4) is 17.4 Å². The molecule has 3 aliphatic carbocycles. The number of nitrogens with one attached hydrogen (secondary N) is 2. The van der Waals surface area contributed by atoms with Crippen molar-refractivity contribution < 1.29 is 24.9 Å². The van der Waals surface area contributed by atoms with Crippen molar-refractivity contribution in [2.24, 2.45) is 22.7 Å². The average molecular weight is 653 g/mol. The molecule has 1 unspecified atom stereocenters. The second-order valence-corrected chi connectivity index (χ2v) is 15.5. The molecule has 47 heavy (non-hydrogen) atoms. The van der Waals surface area contributed by atoms with Crippen molar-refractivity contribution >= 4 is 45.2 Å². The lowest BCUT2D eigenvalue weighted by molar-refractivity contribution is -0.307. The standard InChI is InChI=1S/C32H37B2N7O5S/c1-28(2)16-18-4-3-14-35-24-20(42)6-8-23(37-24)47-39-26(43)19-5-7-21(36-25(19)40(28)17-18)41-15-9-22(38-41)46-32(44,45)31(33,34)27-29(10-11-29)30(27)12-13-30/h5-9,15,18,27,42,44-45H,3-4,10-14,16-17H2,1-2H3,(H,35,37)(H,39,43). The summed E-state index contributed by atoms with van der Waals surface area (Å²) < 4.78 is 9.91. The lowest BCUT2D eigenvalue weighted by atomic mass is 9.48. The summed E-state index contributed by atoms with van der Waals surface area (Å²) in [5, 5.41) is 38.6. The van der Waals surface area contributed by atoms with Gasteiger partial charge in [0.25, 0.3) is 5.91 Å². The Bertz CT molecular complexity index is 1740. The molecule has 5 N–H and O–H groups in total. The van der Waals surface area contributed by atoms with Crippen molar-refractivity contribution in [1.29, 1.82) is 0 Å². The highest BCUT2D eigenvalue weighted by Gasteiger charge is 2.90. The first-order chi connectivity index (χ1) is 22.3. The van der Waals surface area contributed by atoms with Gasteiger partial charge in [0.1, 0.15) is 10.8 Å². The van der Waals surface area contributed by atoms with Crippen molar-refractivity contribution in [3.05, 3.63) is 42.1 Å². The van der Waals surface area contributed by atoms with Crippen LogP contribution in [0.4, 0.5) is 11.6 Å². The van der Waals surface area contributed by atoms with Crippen LogP contribution >= 0.6 is 11.9 Å². The molecule has 1 amide bonds. The van der Waals surface area contributed by atoms with E-state index in [9.17, 15) is 20.1 Å². The Morgan fingerprint density at radius 1 is 1.06 bits per heavy atom. The number of nitrogens with zero attached hydrogens (tertiary/aromatic N) is 5. The van der Waals surface area contributed by atoms with Crippen LogP contribution in [0.1, 0.15) is 69.2 Å². The molecule has 2 aliphatic heterocycles. The Balaban J connectivity index is 1.08. The fourth-order valence-corrected chi connectivity index (χ4v) is 9.26. The number of hydrogen-bond acceptors (Lipinski definition) is 11. The molecular weight excluding hydrogens is 616 g/mol. The van der Waals surface area contributed by atoms with Gasteiger partial charge in [-0.15, -0.1) is 5.10 Å². The number of aromatic hydroxyl groups is 1. The normalized spacial score (nSPS) is 24.1. The number of pyridine rings is 2. The van der Waals surface area contributed by atoms with Crippen molar-refractivity contribution in [2.75, 3.05) is 23.3 Å². The summed E-state index contributed by atoms with van der Waals surface area (Å²) in [7, 11) is 12.8. The third-order valence-electron chi connectivity index (χ3n) is 11.2. The summed E-state index contributed by atoms with van der Waals surface area (Å²) in [6, 6.07) is 8.07. The molecule has 1 atom stereocenters. The minimum Gasteiger partial charge on any atom is -0.504 e. The zero-order valence-corrected chi connectivity index (χ0v) is 27.3. The summed E-state index contributed by atoms with van der Waals surface area (Å²) in [4.78, 5) is 25.2. The van der Waals surface area contributed by atoms with E-state index in [1.54, 1.807) is 30.5 Å². The Morgan fingerprint density at radius 3 is 2.53 bits per heavy atom. The van der Waals surface area contributed by atoms with E-state index in [1.165, 1.54) is 10.7 Å². The Hall–Kier alpha value is -3.42. The average Bonchev–Trinajstić information content (AvgIpc) is 3.97. The second-order valence-electron chi connectivity index (χ2n) is 14.6. The highest BCUT2D eigenvalue weighted by atomic mass is 32.2. The van der Waals surface area contributed by atoms with Crippen LogP contribution in [0.25, 0.3) is 5.82 Å². The SMILES string of the molecule is [B]C([B])(C1C2(CC2)C12CC2)C(O)(O)Oc1ccn(-c2ccc3c(n2)N2CC(CCCNc4nc(ccc4O)SNC3=O)CC2(C)C)n1. The van der Waals surface area contributed by atoms with Crippen LogP contribution in [0.3, 0.4) is 0 Å². The van der Waals surface area contributed by atoms with Crippen LogP contribution in [0.15, 0.2) is 41.6 Å². The fraction of sp³-hybridized carbons (Fsp3) is 0.562. The number of amides is 1. The maximum atomic E-state index is 13.6. The van der Waals surface area contributed by atoms with E-state index in [4.69, 9.17) is 25.4 Å². The van der Waals surface area contributed by atoms with Crippen LogP contribution in [0, 0.1) is 22.7 Å². The van der Waals surface area contributed by atoms with Crippen LogP contribution in [0.2, 0.25) is 5.21 Å². The molecule has 242 valence electrons. The van der Waals surface area contributed by atoms with Crippen molar-refractivity contribution in [2.45, 2.75) is 80.5 Å². The van der Waals surface area contributed by atoms with E-state index in [0.717, 1.165) is 56.9 Å². The molecule has 3 saturated carbocycles. The monoisotopic (exact) mass is 653 g/mol. The smallest absolute Gasteiger partial charge is 0.313 e. The van der Waals surface area contributed by atoms with Crippen molar-refractivity contribution in [1.82, 2.24) is 24.5 Å². The van der Waals surface area contributed by atoms with Gasteiger partial charge in [-0.3, -0.25) is 9.52 Å². The molecule has 15 heteroatoms. The number of aliphatic hydroxyl groups is 2. The zero-order chi connectivity index (χ0) is 33.0. The number of fused-ring (bicyclic) bond motifs is 7. The highest BCUT2D eigenvalue weighted by Crippen LogP contribution is 2.96. The summed E-state index contributed by atoms with van der Waals surface area (Å²) in [5.74, 6) is -1.76. The highest BCUT2D eigenvalue weighted by molar-refractivity contribution is 7.97. The first-order valence-corrected chi connectivity index (χ1v) is 17.1. The third-order valence-corrected chi connectivity index (χ3v) is 11.9. The number of carbonyl (C=O) groups is 1. The van der Waals surface area contributed by atoms with Gasteiger partial charge < -0.3 is 30.3 Å². The van der Waals surface area contributed by atoms with Gasteiger partial charge in [0.05, 0.1) is 21.3 Å². The van der Waals surface area contributed by atoms with Gasteiger partial charge in [-0.25, -0.2) is 14.6 Å². The van der Waals surface area contributed by atoms with E-state index < -0.39 is 11.2 Å². The first kappa shape index (κ1) is 30.9. The van der Waals surface area contributed by atoms with Gasteiger partial charge in [0, 0.05) is 42.8 Å². The van der Waals surface area contributed by atoms with Gasteiger partial charge in [-0.1, -0.05) is 0 Å². The van der Waals surface area contributed by atoms with Gasteiger partial charge in [-0.2, -0.15) is 0 Å². The first-order valence-electron chi connectivity index (χ1n) is 16.2. The summed E-state index contributed by atoms with van der Waals surface area (Å²) in [6.07, 6.45) is 8.33. The van der Waals surface area contributed by atoms with Crippen LogP contribution in [-0.2, 0) is 0 Å².